The zero-order valence-electron chi connectivity index (χ0n) is 28.8. The third-order valence-corrected chi connectivity index (χ3v) is 14.6. The van der Waals surface area contributed by atoms with E-state index in [0.29, 0.717) is 17.6 Å². The van der Waals surface area contributed by atoms with E-state index in [1.807, 2.05) is 11.0 Å². The fraction of sp³-hybridized carbons (Fsp3) is 0.842. The summed E-state index contributed by atoms with van der Waals surface area (Å²) >= 11 is 0. The van der Waals surface area contributed by atoms with Gasteiger partial charge in [-0.05, 0) is 142 Å². The second-order valence-electron chi connectivity index (χ2n) is 18.0. The fourth-order valence-electron chi connectivity index (χ4n) is 11.8. The van der Waals surface area contributed by atoms with E-state index in [1.54, 1.807) is 0 Å². The fourth-order valence-corrected chi connectivity index (χ4v) is 11.8. The summed E-state index contributed by atoms with van der Waals surface area (Å²) in [5, 5.41) is 11.0. The van der Waals surface area contributed by atoms with Crippen LogP contribution < -0.4 is 0 Å². The molecule has 0 radical (unpaired) electrons. The minimum atomic E-state index is -0.288. The maximum atomic E-state index is 14.5. The second-order valence-corrected chi connectivity index (χ2v) is 18.0. The topological polar surface area (TPSA) is 57.6 Å². The number of fused-ring (bicyclic) bond motifs is 7. The molecule has 4 heteroatoms. The van der Waals surface area contributed by atoms with Gasteiger partial charge in [0.1, 0.15) is 0 Å². The Balaban J connectivity index is 1.50. The number of carbonyl (C=O) groups excluding carboxylic acids is 2. The van der Waals surface area contributed by atoms with Crippen LogP contribution in [0.3, 0.4) is 0 Å². The molecule has 5 rings (SSSR count). The third kappa shape index (κ3) is 4.46. The van der Waals surface area contributed by atoms with Crippen molar-refractivity contribution in [2.24, 2.45) is 50.2 Å². The summed E-state index contributed by atoms with van der Waals surface area (Å²) in [5.74, 6) is 1.20. The first-order chi connectivity index (χ1) is 19.3. The predicted octanol–water partition coefficient (Wildman–Crippen LogP) is 8.53. The zero-order valence-corrected chi connectivity index (χ0v) is 28.8. The Hall–Kier alpha value is -1.42. The molecule has 0 unspecified atom stereocenters. The van der Waals surface area contributed by atoms with Gasteiger partial charge in [-0.3, -0.25) is 9.59 Å². The Kier molecular flexibility index (Phi) is 7.65. The van der Waals surface area contributed by atoms with Crippen LogP contribution in [0.5, 0.6) is 0 Å². The van der Waals surface area contributed by atoms with E-state index in [2.05, 4.69) is 88.3 Å². The quantitative estimate of drug-likeness (QED) is 0.340. The molecular formula is C38H61NO3. The molecule has 1 N–H and O–H groups in total. The molecule has 4 saturated carbocycles. The number of nitrogens with zero attached hydrogens (tertiary/aromatic N) is 1. The van der Waals surface area contributed by atoms with E-state index in [4.69, 9.17) is 0 Å². The number of aliphatic hydroxyl groups is 1. The molecule has 4 fully saturated rings. The van der Waals surface area contributed by atoms with Gasteiger partial charge in [0.15, 0.2) is 5.78 Å². The summed E-state index contributed by atoms with van der Waals surface area (Å²) in [6.45, 7) is 25.1. The Morgan fingerprint density at radius 2 is 1.52 bits per heavy atom. The first kappa shape index (κ1) is 32.0. The molecule has 1 amide bonds. The van der Waals surface area contributed by atoms with Crippen molar-refractivity contribution in [1.29, 1.82) is 0 Å². The second kappa shape index (κ2) is 10.0. The highest BCUT2D eigenvalue weighted by Gasteiger charge is 2.70. The summed E-state index contributed by atoms with van der Waals surface area (Å²) in [6, 6.07) is 0.344. The van der Waals surface area contributed by atoms with Crippen molar-refractivity contribution in [1.82, 2.24) is 4.90 Å². The number of ketones is 1. The average molecular weight is 580 g/mol. The van der Waals surface area contributed by atoms with E-state index in [-0.39, 0.29) is 62.5 Å². The van der Waals surface area contributed by atoms with Crippen LogP contribution in [0, 0.1) is 50.2 Å². The van der Waals surface area contributed by atoms with Crippen molar-refractivity contribution in [2.75, 3.05) is 0 Å². The Morgan fingerprint density at radius 3 is 2.14 bits per heavy atom. The number of carbonyl (C=O) groups is 2. The van der Waals surface area contributed by atoms with E-state index in [1.165, 1.54) is 12.0 Å². The summed E-state index contributed by atoms with van der Waals surface area (Å²) < 4.78 is 0. The van der Waals surface area contributed by atoms with Crippen molar-refractivity contribution >= 4 is 11.7 Å². The Morgan fingerprint density at radius 1 is 0.905 bits per heavy atom. The van der Waals surface area contributed by atoms with Gasteiger partial charge in [-0.25, -0.2) is 0 Å². The van der Waals surface area contributed by atoms with Crippen LogP contribution in [-0.4, -0.2) is 39.9 Å². The highest BCUT2D eigenvalue weighted by molar-refractivity contribution is 5.95. The number of aliphatic hydroxyl groups excluding tert-OH is 1. The molecule has 42 heavy (non-hydrogen) atoms. The molecular weight excluding hydrogens is 518 g/mol. The van der Waals surface area contributed by atoms with Gasteiger partial charge in [0.05, 0.1) is 6.10 Å². The summed E-state index contributed by atoms with van der Waals surface area (Å²) in [4.78, 5) is 29.8. The van der Waals surface area contributed by atoms with Crippen molar-refractivity contribution in [2.45, 2.75) is 152 Å². The molecule has 4 nitrogen and oxygen atoms in total. The van der Waals surface area contributed by atoms with Crippen molar-refractivity contribution in [3.05, 3.63) is 23.8 Å². The first-order valence-corrected chi connectivity index (χ1v) is 17.2. The lowest BCUT2D eigenvalue weighted by Gasteiger charge is -2.70. The smallest absolute Gasteiger partial charge is 0.246 e. The van der Waals surface area contributed by atoms with Gasteiger partial charge in [-0.2, -0.15) is 0 Å². The normalized spacial score (nSPS) is 46.5. The maximum absolute atomic E-state index is 14.5. The van der Waals surface area contributed by atoms with Crippen molar-refractivity contribution in [3.8, 4) is 0 Å². The molecule has 0 spiro atoms. The highest BCUT2D eigenvalue weighted by Crippen LogP contribution is 2.75. The van der Waals surface area contributed by atoms with Crippen LogP contribution in [0.1, 0.15) is 134 Å². The van der Waals surface area contributed by atoms with Crippen molar-refractivity contribution in [3.63, 3.8) is 0 Å². The molecule has 0 aliphatic heterocycles. The molecule has 5 aliphatic rings. The lowest BCUT2D eigenvalue weighted by Crippen LogP contribution is -2.66. The lowest BCUT2D eigenvalue weighted by molar-refractivity contribution is -0.202. The molecule has 0 saturated heterocycles. The monoisotopic (exact) mass is 579 g/mol. The third-order valence-electron chi connectivity index (χ3n) is 14.6. The van der Waals surface area contributed by atoms with Crippen LogP contribution in [0.15, 0.2) is 23.8 Å². The van der Waals surface area contributed by atoms with E-state index in [0.717, 1.165) is 51.4 Å². The van der Waals surface area contributed by atoms with Gasteiger partial charge in [0, 0.05) is 18.0 Å². The van der Waals surface area contributed by atoms with Gasteiger partial charge >= 0.3 is 0 Å². The number of amides is 1. The predicted molar refractivity (Wildman–Crippen MR) is 172 cm³/mol. The van der Waals surface area contributed by atoms with Crippen LogP contribution in [-0.2, 0) is 9.59 Å². The van der Waals surface area contributed by atoms with Crippen LogP contribution >= 0.6 is 0 Å². The first-order valence-electron chi connectivity index (χ1n) is 17.2. The van der Waals surface area contributed by atoms with Gasteiger partial charge in [0.25, 0.3) is 0 Å². The lowest BCUT2D eigenvalue weighted by atomic mass is 9.33. The number of rotatable bonds is 4. The Labute approximate surface area is 257 Å². The maximum Gasteiger partial charge on any atom is 0.246 e. The number of hydrogen-bond donors (Lipinski definition) is 1. The van der Waals surface area contributed by atoms with Crippen LogP contribution in [0.2, 0.25) is 0 Å². The van der Waals surface area contributed by atoms with Gasteiger partial charge in [-0.1, -0.05) is 60.1 Å². The minimum absolute atomic E-state index is 0.00614. The molecule has 236 valence electrons. The van der Waals surface area contributed by atoms with Gasteiger partial charge in [-0.15, -0.1) is 0 Å². The van der Waals surface area contributed by atoms with Crippen LogP contribution in [0.25, 0.3) is 0 Å². The summed E-state index contributed by atoms with van der Waals surface area (Å²) in [7, 11) is 0. The highest BCUT2D eigenvalue weighted by atomic mass is 16.3. The van der Waals surface area contributed by atoms with Gasteiger partial charge in [0.2, 0.25) is 5.91 Å². The summed E-state index contributed by atoms with van der Waals surface area (Å²) in [5.41, 5.74) is 1.23. The number of allylic oxidation sites excluding steroid dienone is 3. The standard InChI is InChI=1S/C38H61NO3/c1-24(2)39(25(3)4)31(42)14-15-34(7)18-19-35(8)20-21-37(10)26(27(35)23-34)22-28(40)32-36(9)16-13-30(41)33(5,6)29(36)12-17-38(32,37)11/h14-15,22,24-25,27,29-30,32,41H,12-13,16-21,23H2,1-11H3/b15-14+/t27-,29-,30-,32+,34-,35+,36-,37+,38+/m0/s1. The minimum Gasteiger partial charge on any atom is -0.393 e. The van der Waals surface area contributed by atoms with E-state index < -0.39 is 0 Å². The molecule has 0 aromatic rings. The molecule has 0 aromatic carbocycles. The number of hydrogen-bond acceptors (Lipinski definition) is 3. The van der Waals surface area contributed by atoms with E-state index in [9.17, 15) is 14.7 Å². The average Bonchev–Trinajstić information content (AvgIpc) is 2.87. The molecule has 5 aliphatic carbocycles. The molecule has 0 bridgehead atoms. The largest absolute Gasteiger partial charge is 0.393 e. The summed E-state index contributed by atoms with van der Waals surface area (Å²) in [6.07, 6.45) is 15.4. The van der Waals surface area contributed by atoms with Crippen LogP contribution in [0.4, 0.5) is 0 Å². The van der Waals surface area contributed by atoms with Gasteiger partial charge < -0.3 is 10.0 Å². The molecule has 0 heterocycles. The van der Waals surface area contributed by atoms with Crippen molar-refractivity contribution < 1.29 is 14.7 Å². The zero-order chi connectivity index (χ0) is 31.3. The SMILES string of the molecule is CC(C)N(C(=O)/C=C/[C@@]1(C)CC[C@]2(C)CC[C@]3(C)C(=CC(=O)[C@@H]4[C@@]5(C)CC[C@H](O)C(C)(C)[C@@H]5CC[C@]43C)[C@@H]2C1)C(C)C. The molecule has 9 atom stereocenters. The Bertz CT molecular complexity index is 1170. The molecule has 0 aromatic heterocycles. The van der Waals surface area contributed by atoms with E-state index >= 15 is 0 Å².